The summed E-state index contributed by atoms with van der Waals surface area (Å²) >= 11 is 0. The molecular weight excluding hydrogens is 386 g/mol. The second-order valence-corrected chi connectivity index (χ2v) is 8.45. The predicted molar refractivity (Wildman–Crippen MR) is 123 cm³/mol. The smallest absolute Gasteiger partial charge is 0.0812 e. The highest BCUT2D eigenvalue weighted by Gasteiger charge is 2.28. The van der Waals surface area contributed by atoms with Gasteiger partial charge in [-0.3, -0.25) is 15.1 Å². The van der Waals surface area contributed by atoms with Gasteiger partial charge in [-0.1, -0.05) is 24.3 Å². The minimum Gasteiger partial charge on any atom is -0.378 e. The number of fused-ring (bicyclic) bond motifs is 2. The molecule has 3 heterocycles. The fraction of sp³-hybridized carbons (Fsp3) is 0.320. The van der Waals surface area contributed by atoms with Gasteiger partial charge in [0.1, 0.15) is 0 Å². The molecule has 1 aromatic heterocycles. The number of hydrogen-bond acceptors (Lipinski definition) is 5. The molecule has 0 spiro atoms. The van der Waals surface area contributed by atoms with Crippen molar-refractivity contribution in [2.24, 2.45) is 0 Å². The molecule has 6 heteroatoms. The van der Waals surface area contributed by atoms with Gasteiger partial charge in [0.2, 0.25) is 0 Å². The maximum Gasteiger partial charge on any atom is 0.0812 e. The van der Waals surface area contributed by atoms with Crippen LogP contribution < -0.4 is 10.3 Å². The van der Waals surface area contributed by atoms with Crippen LogP contribution in [0.15, 0.2) is 60.9 Å². The van der Waals surface area contributed by atoms with Crippen molar-refractivity contribution in [3.05, 3.63) is 83.3 Å². The zero-order valence-corrected chi connectivity index (χ0v) is 17.6. The van der Waals surface area contributed by atoms with Crippen LogP contribution in [-0.2, 0) is 17.7 Å². The molecule has 6 rings (SSSR count). The Hall–Kier alpha value is -3.25. The molecule has 158 valence electrons. The quantitative estimate of drug-likeness (QED) is 0.699. The lowest BCUT2D eigenvalue weighted by Gasteiger charge is -2.30. The third kappa shape index (κ3) is 3.47. The van der Waals surface area contributed by atoms with Gasteiger partial charge in [-0.15, -0.1) is 0 Å². The summed E-state index contributed by atoms with van der Waals surface area (Å²) in [6.07, 6.45) is 8.50. The van der Waals surface area contributed by atoms with Crippen LogP contribution in [0, 0.1) is 0 Å². The Balaban J connectivity index is 1.18. The first-order chi connectivity index (χ1) is 15.3. The number of benzene rings is 2. The fourth-order valence-corrected chi connectivity index (χ4v) is 4.96. The maximum atomic E-state index is 5.46. The molecule has 0 amide bonds. The lowest BCUT2D eigenvalue weighted by atomic mass is 10.1. The van der Waals surface area contributed by atoms with E-state index in [0.29, 0.717) is 6.04 Å². The SMILES string of the molecule is C1=CN(Nc2ccc(N3CCOCC3)cc2)Cc2c1cnn2[C@H]1CCc2ccccc21. The van der Waals surface area contributed by atoms with Crippen LogP contribution >= 0.6 is 0 Å². The van der Waals surface area contributed by atoms with E-state index in [2.05, 4.69) is 80.8 Å². The number of anilines is 2. The molecule has 0 unspecified atom stereocenters. The monoisotopic (exact) mass is 413 g/mol. The highest BCUT2D eigenvalue weighted by molar-refractivity contribution is 5.57. The van der Waals surface area contributed by atoms with E-state index in [4.69, 9.17) is 9.84 Å². The lowest BCUT2D eigenvalue weighted by Crippen LogP contribution is -2.36. The van der Waals surface area contributed by atoms with Gasteiger partial charge in [-0.25, -0.2) is 0 Å². The molecule has 3 aromatic rings. The van der Waals surface area contributed by atoms with Crippen molar-refractivity contribution in [3.8, 4) is 0 Å². The van der Waals surface area contributed by atoms with E-state index in [1.807, 2.05) is 6.20 Å². The average molecular weight is 414 g/mol. The normalized spacial score (nSPS) is 19.9. The van der Waals surface area contributed by atoms with Crippen LogP contribution in [0.5, 0.6) is 0 Å². The highest BCUT2D eigenvalue weighted by atomic mass is 16.5. The Labute approximate surface area is 182 Å². The van der Waals surface area contributed by atoms with E-state index >= 15 is 0 Å². The standard InChI is InChI=1S/C25H27N5O/c1-2-4-23-19(3-1)5-10-24(23)30-25-18-29(12-11-20(25)17-26-30)27-21-6-8-22(9-7-21)28-13-15-31-16-14-28/h1-4,6-9,11-12,17,24,27H,5,10,13-16,18H2/t24-/m0/s1. The Bertz CT molecular complexity index is 1100. The van der Waals surface area contributed by atoms with Gasteiger partial charge in [0.05, 0.1) is 43.4 Å². The number of ether oxygens (including phenoxy) is 1. The number of morpholine rings is 1. The third-order valence-electron chi connectivity index (χ3n) is 6.60. The molecule has 1 saturated heterocycles. The van der Waals surface area contributed by atoms with Gasteiger partial charge in [0, 0.05) is 30.5 Å². The van der Waals surface area contributed by atoms with E-state index in [1.54, 1.807) is 0 Å². The van der Waals surface area contributed by atoms with Crippen LogP contribution in [0.4, 0.5) is 11.4 Å². The van der Waals surface area contributed by atoms with Crippen molar-refractivity contribution < 1.29 is 4.74 Å². The average Bonchev–Trinajstić information content (AvgIpc) is 3.44. The molecule has 2 aromatic carbocycles. The van der Waals surface area contributed by atoms with Crippen molar-refractivity contribution in [1.29, 1.82) is 0 Å². The number of nitrogens with one attached hydrogen (secondary N) is 1. The Morgan fingerprint density at radius 1 is 1.00 bits per heavy atom. The maximum absolute atomic E-state index is 5.46. The molecule has 1 aliphatic carbocycles. The van der Waals surface area contributed by atoms with Crippen molar-refractivity contribution in [3.63, 3.8) is 0 Å². The first-order valence-corrected chi connectivity index (χ1v) is 11.1. The molecule has 1 atom stereocenters. The number of rotatable bonds is 4. The molecule has 2 aliphatic heterocycles. The molecule has 1 fully saturated rings. The van der Waals surface area contributed by atoms with Crippen LogP contribution in [0.2, 0.25) is 0 Å². The van der Waals surface area contributed by atoms with E-state index in [9.17, 15) is 0 Å². The molecule has 31 heavy (non-hydrogen) atoms. The summed E-state index contributed by atoms with van der Waals surface area (Å²) in [5, 5.41) is 6.92. The van der Waals surface area contributed by atoms with Crippen LogP contribution in [0.1, 0.15) is 34.8 Å². The van der Waals surface area contributed by atoms with E-state index in [0.717, 1.165) is 51.4 Å². The van der Waals surface area contributed by atoms with E-state index in [1.165, 1.54) is 28.1 Å². The van der Waals surface area contributed by atoms with Crippen molar-refractivity contribution in [1.82, 2.24) is 14.8 Å². The minimum absolute atomic E-state index is 0.334. The summed E-state index contributed by atoms with van der Waals surface area (Å²) in [6.45, 7) is 4.31. The summed E-state index contributed by atoms with van der Waals surface area (Å²) in [5.74, 6) is 0. The largest absolute Gasteiger partial charge is 0.378 e. The summed E-state index contributed by atoms with van der Waals surface area (Å²) in [7, 11) is 0. The van der Waals surface area contributed by atoms with E-state index < -0.39 is 0 Å². The number of hydrogen-bond donors (Lipinski definition) is 1. The van der Waals surface area contributed by atoms with Gasteiger partial charge >= 0.3 is 0 Å². The summed E-state index contributed by atoms with van der Waals surface area (Å²) in [5.41, 5.74) is 11.2. The number of aromatic nitrogens is 2. The first-order valence-electron chi connectivity index (χ1n) is 11.1. The molecule has 3 aliphatic rings. The van der Waals surface area contributed by atoms with Gasteiger partial charge < -0.3 is 9.64 Å². The van der Waals surface area contributed by atoms with Crippen molar-refractivity contribution in [2.45, 2.75) is 25.4 Å². The van der Waals surface area contributed by atoms with E-state index in [-0.39, 0.29) is 0 Å². The first kappa shape index (κ1) is 18.5. The molecule has 6 nitrogen and oxygen atoms in total. The van der Waals surface area contributed by atoms with Crippen molar-refractivity contribution in [2.75, 3.05) is 36.6 Å². The Morgan fingerprint density at radius 2 is 1.84 bits per heavy atom. The number of nitrogens with zero attached hydrogens (tertiary/aromatic N) is 4. The highest BCUT2D eigenvalue weighted by Crippen LogP contribution is 2.36. The Kier molecular flexibility index (Phi) is 4.65. The number of hydrazine groups is 1. The van der Waals surface area contributed by atoms with Crippen LogP contribution in [0.25, 0.3) is 6.08 Å². The van der Waals surface area contributed by atoms with Gasteiger partial charge in [-0.05, 0) is 54.3 Å². The van der Waals surface area contributed by atoms with Crippen LogP contribution in [-0.4, -0.2) is 41.1 Å². The fourth-order valence-electron chi connectivity index (χ4n) is 4.96. The second-order valence-electron chi connectivity index (χ2n) is 8.45. The molecule has 0 radical (unpaired) electrons. The number of aryl methyl sites for hydroxylation is 1. The predicted octanol–water partition coefficient (Wildman–Crippen LogP) is 4.07. The Morgan fingerprint density at radius 3 is 2.71 bits per heavy atom. The summed E-state index contributed by atoms with van der Waals surface area (Å²) < 4.78 is 7.69. The second kappa shape index (κ2) is 7.78. The molecule has 0 bridgehead atoms. The molecule has 1 N–H and O–H groups in total. The van der Waals surface area contributed by atoms with Gasteiger partial charge in [0.25, 0.3) is 0 Å². The zero-order valence-electron chi connectivity index (χ0n) is 17.6. The minimum atomic E-state index is 0.334. The van der Waals surface area contributed by atoms with Gasteiger partial charge in [-0.2, -0.15) is 5.10 Å². The van der Waals surface area contributed by atoms with Crippen molar-refractivity contribution >= 4 is 17.5 Å². The molecular formula is C25H27N5O. The lowest BCUT2D eigenvalue weighted by molar-refractivity contribution is 0.122. The molecule has 0 saturated carbocycles. The topological polar surface area (TPSA) is 45.6 Å². The van der Waals surface area contributed by atoms with Crippen LogP contribution in [0.3, 0.4) is 0 Å². The summed E-state index contributed by atoms with van der Waals surface area (Å²) in [6, 6.07) is 17.8. The third-order valence-corrected chi connectivity index (χ3v) is 6.60. The zero-order chi connectivity index (χ0) is 20.6. The van der Waals surface area contributed by atoms with Gasteiger partial charge in [0.15, 0.2) is 0 Å². The summed E-state index contributed by atoms with van der Waals surface area (Å²) in [4.78, 5) is 2.37.